The van der Waals surface area contributed by atoms with Crippen LogP contribution in [0.5, 0.6) is 0 Å². The van der Waals surface area contributed by atoms with E-state index in [2.05, 4.69) is 9.80 Å². The summed E-state index contributed by atoms with van der Waals surface area (Å²) in [5, 5.41) is 0. The molecule has 0 aromatic rings. The van der Waals surface area contributed by atoms with Crippen LogP contribution < -0.4 is 0 Å². The molecule has 0 aromatic heterocycles. The second kappa shape index (κ2) is 18.0. The van der Waals surface area contributed by atoms with Gasteiger partial charge in [-0.2, -0.15) is 0 Å². The molecule has 0 radical (unpaired) electrons. The number of fused-ring (bicyclic) bond motifs is 2. The average molecular weight is 715 g/mol. The van der Waals surface area contributed by atoms with Crippen LogP contribution in [0.15, 0.2) is 0 Å². The molecule has 9 fully saturated rings. The molecule has 296 valence electrons. The van der Waals surface area contributed by atoms with Crippen molar-refractivity contribution in [1.82, 2.24) is 9.80 Å². The van der Waals surface area contributed by atoms with Gasteiger partial charge < -0.3 is 0 Å². The molecular formula is C50H86N2. The van der Waals surface area contributed by atoms with Crippen LogP contribution in [0.1, 0.15) is 231 Å². The van der Waals surface area contributed by atoms with Gasteiger partial charge in [0.2, 0.25) is 0 Å². The fraction of sp³-hybridized carbons (Fsp3) is 1.00. The van der Waals surface area contributed by atoms with E-state index in [0.717, 1.165) is 83.6 Å². The molecule has 8 atom stereocenters. The average Bonchev–Trinajstić information content (AvgIpc) is 3.23. The van der Waals surface area contributed by atoms with Crippen molar-refractivity contribution in [3.8, 4) is 0 Å². The highest BCUT2D eigenvalue weighted by Gasteiger charge is 2.58. The Morgan fingerprint density at radius 2 is 0.481 bits per heavy atom. The molecule has 8 unspecified atom stereocenters. The largest absolute Gasteiger partial charge is 0.294 e. The van der Waals surface area contributed by atoms with Gasteiger partial charge in [0.1, 0.15) is 0 Å². The monoisotopic (exact) mass is 715 g/mol. The van der Waals surface area contributed by atoms with Crippen LogP contribution in [0, 0.1) is 47.3 Å². The third-order valence-electron chi connectivity index (χ3n) is 19.0. The molecule has 9 aliphatic rings. The summed E-state index contributed by atoms with van der Waals surface area (Å²) in [6, 6.07) is 5.53. The van der Waals surface area contributed by atoms with E-state index in [1.165, 1.54) is 103 Å². The van der Waals surface area contributed by atoms with Crippen molar-refractivity contribution in [2.45, 2.75) is 267 Å². The number of nitrogens with zero attached hydrogens (tertiary/aromatic N) is 2. The van der Waals surface area contributed by atoms with E-state index < -0.39 is 0 Å². The molecule has 2 heteroatoms. The molecule has 0 heterocycles. The first kappa shape index (κ1) is 37.5. The van der Waals surface area contributed by atoms with Crippen molar-refractivity contribution in [2.75, 3.05) is 0 Å². The molecule has 9 aliphatic carbocycles. The number of rotatable bonds is 8. The fourth-order valence-electron chi connectivity index (χ4n) is 16.9. The maximum atomic E-state index is 3.59. The van der Waals surface area contributed by atoms with Gasteiger partial charge in [-0.05, 0) is 124 Å². The highest BCUT2D eigenvalue weighted by atomic mass is 15.3. The van der Waals surface area contributed by atoms with E-state index >= 15 is 0 Å². The Morgan fingerprint density at radius 3 is 0.846 bits per heavy atom. The highest BCUT2D eigenvalue weighted by molar-refractivity contribution is 5.10. The molecule has 0 aliphatic heterocycles. The number of hydrogen-bond donors (Lipinski definition) is 0. The van der Waals surface area contributed by atoms with Gasteiger partial charge in [-0.15, -0.1) is 0 Å². The molecule has 52 heavy (non-hydrogen) atoms. The van der Waals surface area contributed by atoms with Crippen LogP contribution in [0.4, 0.5) is 0 Å². The van der Waals surface area contributed by atoms with Gasteiger partial charge in [-0.25, -0.2) is 0 Å². The smallest absolute Gasteiger partial charge is 0.0164 e. The maximum absolute atomic E-state index is 3.59. The van der Waals surface area contributed by atoms with E-state index in [4.69, 9.17) is 0 Å². The summed E-state index contributed by atoms with van der Waals surface area (Å²) in [6.45, 7) is 0. The van der Waals surface area contributed by atoms with Crippen LogP contribution in [-0.4, -0.2) is 46.1 Å². The first-order valence-corrected chi connectivity index (χ1v) is 25.4. The molecule has 0 amide bonds. The predicted octanol–water partition coefficient (Wildman–Crippen LogP) is 13.9. The minimum atomic E-state index is 0.912. The Hall–Kier alpha value is -0.0800. The SMILES string of the molecule is C1CCC(C2CCCC(N(C3CCCC(C4CCCCC4)C3)C3C4CCCCC4C(N(C4CCCCC4)C4CCCCC4)C4CCCCC43)C2)CC1. The van der Waals surface area contributed by atoms with Gasteiger partial charge in [0, 0.05) is 36.3 Å². The van der Waals surface area contributed by atoms with Crippen LogP contribution in [0.2, 0.25) is 0 Å². The van der Waals surface area contributed by atoms with Gasteiger partial charge in [0.25, 0.3) is 0 Å². The molecular weight excluding hydrogens is 629 g/mol. The molecule has 0 spiro atoms. The van der Waals surface area contributed by atoms with Gasteiger partial charge in [0.15, 0.2) is 0 Å². The standard InChI is InChI=1S/C50H86N2/c1-5-19-37(20-6-1)39-23-17-29-43(35-39)52(44-30-18-24-40(36-44)38-21-7-2-8-22-38)50-47-33-15-13-31-45(47)49(46-32-14-16-34-48(46)50)51(41-25-9-3-10-26-41)42-27-11-4-12-28-42/h37-50H,1-36H2. The van der Waals surface area contributed by atoms with Crippen molar-refractivity contribution in [3.05, 3.63) is 0 Å². The summed E-state index contributed by atoms with van der Waals surface area (Å²) in [4.78, 5) is 7.06. The molecule has 0 bridgehead atoms. The molecule has 2 nitrogen and oxygen atoms in total. The second-order valence-corrected chi connectivity index (χ2v) is 21.6. The summed E-state index contributed by atoms with van der Waals surface area (Å²) in [6.07, 6.45) is 55.9. The lowest BCUT2D eigenvalue weighted by atomic mass is 9.53. The Balaban J connectivity index is 1.07. The van der Waals surface area contributed by atoms with E-state index in [1.807, 2.05) is 0 Å². The lowest BCUT2D eigenvalue weighted by Crippen LogP contribution is -2.69. The highest BCUT2D eigenvalue weighted by Crippen LogP contribution is 2.57. The third-order valence-corrected chi connectivity index (χ3v) is 19.0. The Kier molecular flexibility index (Phi) is 13.0. The Morgan fingerprint density at radius 1 is 0.212 bits per heavy atom. The second-order valence-electron chi connectivity index (χ2n) is 21.6. The van der Waals surface area contributed by atoms with Crippen molar-refractivity contribution >= 4 is 0 Å². The lowest BCUT2D eigenvalue weighted by molar-refractivity contribution is -0.150. The van der Waals surface area contributed by atoms with Crippen LogP contribution in [-0.2, 0) is 0 Å². The summed E-state index contributed by atoms with van der Waals surface area (Å²) < 4.78 is 0. The zero-order valence-electron chi connectivity index (χ0n) is 34.4. The first-order valence-electron chi connectivity index (χ1n) is 25.4. The quantitative estimate of drug-likeness (QED) is 0.247. The predicted molar refractivity (Wildman–Crippen MR) is 221 cm³/mol. The van der Waals surface area contributed by atoms with Crippen molar-refractivity contribution < 1.29 is 0 Å². The maximum Gasteiger partial charge on any atom is 0.0164 e. The molecule has 0 N–H and O–H groups in total. The van der Waals surface area contributed by atoms with Gasteiger partial charge in [0.05, 0.1) is 0 Å². The molecule has 0 saturated heterocycles. The van der Waals surface area contributed by atoms with Gasteiger partial charge in [-0.3, -0.25) is 9.80 Å². The van der Waals surface area contributed by atoms with E-state index in [-0.39, 0.29) is 0 Å². The zero-order valence-corrected chi connectivity index (χ0v) is 34.4. The summed E-state index contributed by atoms with van der Waals surface area (Å²) in [5.41, 5.74) is 0. The van der Waals surface area contributed by atoms with Crippen LogP contribution >= 0.6 is 0 Å². The van der Waals surface area contributed by atoms with Crippen molar-refractivity contribution in [1.29, 1.82) is 0 Å². The lowest BCUT2D eigenvalue weighted by Gasteiger charge is -2.65. The Bertz CT molecular complexity index is 982. The van der Waals surface area contributed by atoms with E-state index in [1.54, 1.807) is 128 Å². The summed E-state index contributed by atoms with van der Waals surface area (Å²) in [5.74, 6) is 8.23. The van der Waals surface area contributed by atoms with E-state index in [9.17, 15) is 0 Å². The third kappa shape index (κ3) is 8.04. The Labute approximate surface area is 323 Å². The molecule has 0 aromatic carbocycles. The normalized spacial score (nSPS) is 42.6. The van der Waals surface area contributed by atoms with Crippen molar-refractivity contribution in [2.24, 2.45) is 47.3 Å². The van der Waals surface area contributed by atoms with Crippen LogP contribution in [0.3, 0.4) is 0 Å². The van der Waals surface area contributed by atoms with Gasteiger partial charge in [-0.1, -0.05) is 154 Å². The molecule has 9 rings (SSSR count). The number of hydrogen-bond acceptors (Lipinski definition) is 2. The fourth-order valence-corrected chi connectivity index (χ4v) is 16.9. The van der Waals surface area contributed by atoms with Crippen molar-refractivity contribution in [3.63, 3.8) is 0 Å². The van der Waals surface area contributed by atoms with Crippen LogP contribution in [0.25, 0.3) is 0 Å². The summed E-state index contributed by atoms with van der Waals surface area (Å²) >= 11 is 0. The molecule has 9 saturated carbocycles. The minimum absolute atomic E-state index is 0.912. The zero-order chi connectivity index (χ0) is 34.7. The minimum Gasteiger partial charge on any atom is -0.294 e. The van der Waals surface area contributed by atoms with Gasteiger partial charge >= 0.3 is 0 Å². The van der Waals surface area contributed by atoms with E-state index in [0.29, 0.717) is 0 Å². The summed E-state index contributed by atoms with van der Waals surface area (Å²) in [7, 11) is 0. The topological polar surface area (TPSA) is 6.48 Å². The first-order chi connectivity index (χ1) is 25.8.